The average Bonchev–Trinajstić information content (AvgIpc) is 2.37. The van der Waals surface area contributed by atoms with Crippen LogP contribution in [0.5, 0.6) is 0 Å². The molecule has 0 bridgehead atoms. The van der Waals surface area contributed by atoms with E-state index >= 15 is 0 Å². The summed E-state index contributed by atoms with van der Waals surface area (Å²) in [5.74, 6) is 1.12. The van der Waals surface area contributed by atoms with Gasteiger partial charge in [-0.2, -0.15) is 0 Å². The van der Waals surface area contributed by atoms with Gasteiger partial charge in [-0.15, -0.1) is 0 Å². The standard InChI is InChI=1S/C15H20N2O2/c18-15(19)12-6-4-11(5-7-12)14-16-9-8-13(17-14)10-2-1-3-10/h8-12H,1-7H2,(H,18,19). The largest absolute Gasteiger partial charge is 0.481 e. The molecule has 0 aromatic carbocycles. The third-order valence-corrected chi connectivity index (χ3v) is 4.66. The number of carboxylic acids is 1. The number of hydrogen-bond acceptors (Lipinski definition) is 3. The highest BCUT2D eigenvalue weighted by atomic mass is 16.4. The lowest BCUT2D eigenvalue weighted by Crippen LogP contribution is -2.22. The molecule has 0 spiro atoms. The molecule has 1 aromatic heterocycles. The number of aromatic nitrogens is 2. The normalized spacial score (nSPS) is 27.8. The quantitative estimate of drug-likeness (QED) is 0.907. The van der Waals surface area contributed by atoms with Crippen molar-refractivity contribution in [2.75, 3.05) is 0 Å². The maximum atomic E-state index is 11.0. The molecule has 4 heteroatoms. The SMILES string of the molecule is O=C(O)C1CCC(c2nccc(C3CCC3)n2)CC1. The summed E-state index contributed by atoms with van der Waals surface area (Å²) in [6.45, 7) is 0. The molecular formula is C15H20N2O2. The van der Waals surface area contributed by atoms with Crippen LogP contribution in [0.3, 0.4) is 0 Å². The van der Waals surface area contributed by atoms with Gasteiger partial charge in [0.1, 0.15) is 5.82 Å². The van der Waals surface area contributed by atoms with Crippen LogP contribution in [0.2, 0.25) is 0 Å². The summed E-state index contributed by atoms with van der Waals surface area (Å²) in [4.78, 5) is 20.1. The van der Waals surface area contributed by atoms with E-state index in [-0.39, 0.29) is 5.92 Å². The second-order valence-electron chi connectivity index (χ2n) is 5.85. The maximum Gasteiger partial charge on any atom is 0.306 e. The van der Waals surface area contributed by atoms with E-state index in [0.717, 1.165) is 31.5 Å². The van der Waals surface area contributed by atoms with Crippen molar-refractivity contribution < 1.29 is 9.90 Å². The van der Waals surface area contributed by atoms with Crippen LogP contribution >= 0.6 is 0 Å². The molecule has 1 heterocycles. The Morgan fingerprint density at radius 2 is 1.84 bits per heavy atom. The van der Waals surface area contributed by atoms with Gasteiger partial charge in [0, 0.05) is 23.7 Å². The molecule has 2 aliphatic rings. The highest BCUT2D eigenvalue weighted by Crippen LogP contribution is 2.37. The van der Waals surface area contributed by atoms with Gasteiger partial charge in [0.25, 0.3) is 0 Å². The Balaban J connectivity index is 1.67. The van der Waals surface area contributed by atoms with E-state index in [0.29, 0.717) is 11.8 Å². The highest BCUT2D eigenvalue weighted by Gasteiger charge is 2.29. The monoisotopic (exact) mass is 260 g/mol. The van der Waals surface area contributed by atoms with E-state index in [1.54, 1.807) is 0 Å². The number of rotatable bonds is 3. The molecule has 1 N–H and O–H groups in total. The molecule has 0 aliphatic heterocycles. The molecule has 0 saturated heterocycles. The van der Waals surface area contributed by atoms with Crippen LogP contribution in [0.1, 0.15) is 68.3 Å². The van der Waals surface area contributed by atoms with Crippen LogP contribution < -0.4 is 0 Å². The molecule has 2 aliphatic carbocycles. The number of hydrogen-bond donors (Lipinski definition) is 1. The average molecular weight is 260 g/mol. The zero-order valence-corrected chi connectivity index (χ0v) is 11.1. The van der Waals surface area contributed by atoms with Crippen LogP contribution in [0.15, 0.2) is 12.3 Å². The lowest BCUT2D eigenvalue weighted by atomic mass is 9.81. The fourth-order valence-corrected chi connectivity index (χ4v) is 3.12. The minimum absolute atomic E-state index is 0.161. The van der Waals surface area contributed by atoms with Gasteiger partial charge in [0.05, 0.1) is 5.92 Å². The first-order valence-electron chi connectivity index (χ1n) is 7.29. The molecule has 2 saturated carbocycles. The van der Waals surface area contributed by atoms with Gasteiger partial charge in [-0.05, 0) is 44.6 Å². The summed E-state index contributed by atoms with van der Waals surface area (Å²) >= 11 is 0. The molecule has 1 aromatic rings. The zero-order chi connectivity index (χ0) is 13.2. The van der Waals surface area contributed by atoms with Crippen molar-refractivity contribution in [3.05, 3.63) is 23.8 Å². The fraction of sp³-hybridized carbons (Fsp3) is 0.667. The van der Waals surface area contributed by atoms with Crippen LogP contribution in [0, 0.1) is 5.92 Å². The first-order valence-corrected chi connectivity index (χ1v) is 7.29. The first-order chi connectivity index (χ1) is 9.24. The van der Waals surface area contributed by atoms with Gasteiger partial charge in [-0.3, -0.25) is 4.79 Å². The van der Waals surface area contributed by atoms with Crippen molar-refractivity contribution in [2.24, 2.45) is 5.92 Å². The van der Waals surface area contributed by atoms with E-state index in [1.165, 1.54) is 25.0 Å². The molecule has 0 amide bonds. The highest BCUT2D eigenvalue weighted by molar-refractivity contribution is 5.70. The molecular weight excluding hydrogens is 240 g/mol. The van der Waals surface area contributed by atoms with Crippen molar-refractivity contribution in [1.82, 2.24) is 9.97 Å². The Morgan fingerprint density at radius 3 is 2.42 bits per heavy atom. The first kappa shape index (κ1) is 12.6. The summed E-state index contributed by atoms with van der Waals surface area (Å²) in [6, 6.07) is 2.04. The molecule has 2 fully saturated rings. The van der Waals surface area contributed by atoms with Crippen LogP contribution in [-0.2, 0) is 4.79 Å². The van der Waals surface area contributed by atoms with Crippen molar-refractivity contribution >= 4 is 5.97 Å². The minimum atomic E-state index is -0.650. The number of aliphatic carboxylic acids is 1. The van der Waals surface area contributed by atoms with E-state index in [9.17, 15) is 4.79 Å². The predicted octanol–water partition coefficient (Wildman–Crippen LogP) is 3.10. The number of carboxylic acid groups (broad SMARTS) is 1. The predicted molar refractivity (Wildman–Crippen MR) is 71.0 cm³/mol. The van der Waals surface area contributed by atoms with Gasteiger partial charge in [0.2, 0.25) is 0 Å². The van der Waals surface area contributed by atoms with E-state index < -0.39 is 5.97 Å². The van der Waals surface area contributed by atoms with E-state index in [1.807, 2.05) is 12.3 Å². The fourth-order valence-electron chi connectivity index (χ4n) is 3.12. The third-order valence-electron chi connectivity index (χ3n) is 4.66. The molecule has 19 heavy (non-hydrogen) atoms. The molecule has 102 valence electrons. The van der Waals surface area contributed by atoms with E-state index in [4.69, 9.17) is 10.1 Å². The lowest BCUT2D eigenvalue weighted by molar-refractivity contribution is -0.142. The van der Waals surface area contributed by atoms with Crippen molar-refractivity contribution in [1.29, 1.82) is 0 Å². The van der Waals surface area contributed by atoms with Crippen molar-refractivity contribution in [3.63, 3.8) is 0 Å². The Hall–Kier alpha value is -1.45. The van der Waals surface area contributed by atoms with Gasteiger partial charge < -0.3 is 5.11 Å². The third kappa shape index (κ3) is 2.62. The van der Waals surface area contributed by atoms with E-state index in [2.05, 4.69) is 4.98 Å². The Kier molecular flexibility index (Phi) is 3.49. The Morgan fingerprint density at radius 1 is 1.11 bits per heavy atom. The van der Waals surface area contributed by atoms with Crippen LogP contribution in [0.4, 0.5) is 0 Å². The summed E-state index contributed by atoms with van der Waals surface area (Å²) < 4.78 is 0. The smallest absolute Gasteiger partial charge is 0.306 e. The topological polar surface area (TPSA) is 63.1 Å². The summed E-state index contributed by atoms with van der Waals surface area (Å²) in [7, 11) is 0. The minimum Gasteiger partial charge on any atom is -0.481 e. The summed E-state index contributed by atoms with van der Waals surface area (Å²) in [5.41, 5.74) is 1.19. The van der Waals surface area contributed by atoms with Crippen LogP contribution in [0.25, 0.3) is 0 Å². The summed E-state index contributed by atoms with van der Waals surface area (Å²) in [5, 5.41) is 9.02. The maximum absolute atomic E-state index is 11.0. The Labute approximate surface area is 113 Å². The second kappa shape index (κ2) is 5.27. The Bertz CT molecular complexity index is 463. The van der Waals surface area contributed by atoms with Gasteiger partial charge in [-0.1, -0.05) is 6.42 Å². The van der Waals surface area contributed by atoms with Gasteiger partial charge >= 0.3 is 5.97 Å². The van der Waals surface area contributed by atoms with Gasteiger partial charge in [-0.25, -0.2) is 9.97 Å². The lowest BCUT2D eigenvalue weighted by Gasteiger charge is -2.27. The number of nitrogens with zero attached hydrogens (tertiary/aromatic N) is 2. The zero-order valence-electron chi connectivity index (χ0n) is 11.1. The van der Waals surface area contributed by atoms with Crippen molar-refractivity contribution in [3.8, 4) is 0 Å². The molecule has 4 nitrogen and oxygen atoms in total. The molecule has 0 radical (unpaired) electrons. The summed E-state index contributed by atoms with van der Waals surface area (Å²) in [6.07, 6.45) is 9.03. The molecule has 0 atom stereocenters. The number of carbonyl (C=O) groups is 1. The van der Waals surface area contributed by atoms with Crippen molar-refractivity contribution in [2.45, 2.75) is 56.8 Å². The second-order valence-corrected chi connectivity index (χ2v) is 5.85. The van der Waals surface area contributed by atoms with Crippen LogP contribution in [-0.4, -0.2) is 21.0 Å². The molecule has 3 rings (SSSR count). The van der Waals surface area contributed by atoms with Gasteiger partial charge in [0.15, 0.2) is 0 Å². The molecule has 0 unspecified atom stereocenters.